The van der Waals surface area contributed by atoms with Crippen LogP contribution >= 0.6 is 12.2 Å². The Morgan fingerprint density at radius 3 is 2.17 bits per heavy atom. The number of hydrogen-bond acceptors (Lipinski definition) is 3. The lowest BCUT2D eigenvalue weighted by atomic mass is 10.1. The molecule has 1 atom stereocenters. The van der Waals surface area contributed by atoms with E-state index in [9.17, 15) is 8.42 Å². The van der Waals surface area contributed by atoms with E-state index in [1.54, 1.807) is 36.4 Å². The van der Waals surface area contributed by atoms with Gasteiger partial charge in [0.25, 0.3) is 10.0 Å². The summed E-state index contributed by atoms with van der Waals surface area (Å²) in [5, 5.41) is 6.77. The molecule has 3 rings (SSSR count). The van der Waals surface area contributed by atoms with Crippen LogP contribution in [0.25, 0.3) is 0 Å². The summed E-state index contributed by atoms with van der Waals surface area (Å²) in [6.45, 7) is 3.88. The van der Waals surface area contributed by atoms with E-state index in [4.69, 9.17) is 12.2 Å². The van der Waals surface area contributed by atoms with Gasteiger partial charge >= 0.3 is 0 Å². The Balaban J connectivity index is 1.63. The van der Waals surface area contributed by atoms with Crippen molar-refractivity contribution in [3.05, 3.63) is 90.0 Å². The summed E-state index contributed by atoms with van der Waals surface area (Å²) in [6.07, 6.45) is 0. The first-order valence-corrected chi connectivity index (χ1v) is 11.1. The molecule has 1 unspecified atom stereocenters. The summed E-state index contributed by atoms with van der Waals surface area (Å²) in [7, 11) is -3.66. The van der Waals surface area contributed by atoms with Crippen molar-refractivity contribution in [1.82, 2.24) is 5.32 Å². The molecule has 0 saturated carbocycles. The molecule has 7 heteroatoms. The molecule has 0 saturated heterocycles. The maximum absolute atomic E-state index is 12.6. The Bertz CT molecular complexity index is 1080. The molecule has 5 nitrogen and oxygen atoms in total. The van der Waals surface area contributed by atoms with E-state index in [0.29, 0.717) is 16.5 Å². The average molecular weight is 426 g/mol. The minimum absolute atomic E-state index is 0.0502. The number of anilines is 2. The zero-order valence-electron chi connectivity index (χ0n) is 16.2. The molecule has 150 valence electrons. The van der Waals surface area contributed by atoms with Crippen LogP contribution < -0.4 is 15.4 Å². The second-order valence-electron chi connectivity index (χ2n) is 6.68. The molecule has 0 aromatic heterocycles. The maximum Gasteiger partial charge on any atom is 0.261 e. The number of aryl methyl sites for hydroxylation is 1. The van der Waals surface area contributed by atoms with Gasteiger partial charge in [0, 0.05) is 5.69 Å². The molecule has 0 aliphatic carbocycles. The van der Waals surface area contributed by atoms with E-state index in [1.165, 1.54) is 0 Å². The molecule has 0 aliphatic heterocycles. The zero-order valence-corrected chi connectivity index (χ0v) is 17.8. The van der Waals surface area contributed by atoms with Gasteiger partial charge < -0.3 is 10.6 Å². The SMILES string of the molecule is Cc1ccccc1NS(=O)(=O)c1ccc(NC(=S)NC(C)c2ccccc2)cc1. The summed E-state index contributed by atoms with van der Waals surface area (Å²) in [5.74, 6) is 0. The van der Waals surface area contributed by atoms with Gasteiger partial charge in [0.05, 0.1) is 16.6 Å². The highest BCUT2D eigenvalue weighted by atomic mass is 32.2. The molecule has 3 aromatic carbocycles. The van der Waals surface area contributed by atoms with Crippen LogP contribution in [0.1, 0.15) is 24.1 Å². The Kier molecular flexibility index (Phi) is 6.51. The number of nitrogens with one attached hydrogen (secondary N) is 3. The van der Waals surface area contributed by atoms with Crippen molar-refractivity contribution < 1.29 is 8.42 Å². The van der Waals surface area contributed by atoms with E-state index in [1.807, 2.05) is 56.3 Å². The van der Waals surface area contributed by atoms with Gasteiger partial charge in [0.15, 0.2) is 5.11 Å². The number of benzene rings is 3. The number of thiocarbonyl (C=S) groups is 1. The van der Waals surface area contributed by atoms with Crippen LogP contribution in [0.15, 0.2) is 83.8 Å². The fraction of sp³-hybridized carbons (Fsp3) is 0.136. The van der Waals surface area contributed by atoms with E-state index in [0.717, 1.165) is 11.1 Å². The van der Waals surface area contributed by atoms with Crippen LogP contribution in [0.4, 0.5) is 11.4 Å². The largest absolute Gasteiger partial charge is 0.356 e. The molecule has 0 spiro atoms. The third-order valence-corrected chi connectivity index (χ3v) is 6.06. The van der Waals surface area contributed by atoms with Gasteiger partial charge in [-0.05, 0) is 67.5 Å². The molecule has 0 aliphatic rings. The topological polar surface area (TPSA) is 70.2 Å². The summed E-state index contributed by atoms with van der Waals surface area (Å²) < 4.78 is 27.9. The van der Waals surface area contributed by atoms with Crippen LogP contribution in [0, 0.1) is 6.92 Å². The maximum atomic E-state index is 12.6. The van der Waals surface area contributed by atoms with Crippen LogP contribution in [-0.2, 0) is 10.0 Å². The number of rotatable bonds is 6. The zero-order chi connectivity index (χ0) is 20.9. The summed E-state index contributed by atoms with van der Waals surface area (Å²) >= 11 is 5.37. The van der Waals surface area contributed by atoms with Crippen LogP contribution in [0.3, 0.4) is 0 Å². The van der Waals surface area contributed by atoms with Crippen molar-refractivity contribution >= 4 is 38.7 Å². The summed E-state index contributed by atoms with van der Waals surface area (Å²) in [6, 6.07) is 23.8. The van der Waals surface area contributed by atoms with Crippen LogP contribution in [-0.4, -0.2) is 13.5 Å². The second-order valence-corrected chi connectivity index (χ2v) is 8.77. The standard InChI is InChI=1S/C22H23N3O2S2/c1-16-8-6-7-11-21(16)25-29(26,27)20-14-12-19(13-15-20)24-22(28)23-17(2)18-9-4-3-5-10-18/h3-15,17,25H,1-2H3,(H2,23,24,28). The van der Waals surface area contributed by atoms with E-state index in [2.05, 4.69) is 15.4 Å². The van der Waals surface area contributed by atoms with Gasteiger partial charge in [-0.25, -0.2) is 8.42 Å². The minimum atomic E-state index is -3.66. The molecule has 3 N–H and O–H groups in total. The van der Waals surface area contributed by atoms with Crippen molar-refractivity contribution in [1.29, 1.82) is 0 Å². The van der Waals surface area contributed by atoms with Crippen molar-refractivity contribution in [2.45, 2.75) is 24.8 Å². The van der Waals surface area contributed by atoms with Gasteiger partial charge in [-0.15, -0.1) is 0 Å². The Morgan fingerprint density at radius 2 is 1.52 bits per heavy atom. The summed E-state index contributed by atoms with van der Waals surface area (Å²) in [4.78, 5) is 0.183. The highest BCUT2D eigenvalue weighted by Gasteiger charge is 2.15. The molecule has 0 heterocycles. The average Bonchev–Trinajstić information content (AvgIpc) is 2.70. The van der Waals surface area contributed by atoms with Crippen LogP contribution in [0.5, 0.6) is 0 Å². The monoisotopic (exact) mass is 425 g/mol. The molecular weight excluding hydrogens is 402 g/mol. The fourth-order valence-corrected chi connectivity index (χ4v) is 4.22. The molecule has 29 heavy (non-hydrogen) atoms. The lowest BCUT2D eigenvalue weighted by molar-refractivity contribution is 0.601. The molecule has 0 fully saturated rings. The minimum Gasteiger partial charge on any atom is -0.356 e. The molecular formula is C22H23N3O2S2. The normalized spacial score (nSPS) is 12.1. The van der Waals surface area contributed by atoms with Crippen molar-refractivity contribution in [3.8, 4) is 0 Å². The number of para-hydroxylation sites is 1. The van der Waals surface area contributed by atoms with Crippen molar-refractivity contribution in [3.63, 3.8) is 0 Å². The van der Waals surface area contributed by atoms with Gasteiger partial charge in [0.2, 0.25) is 0 Å². The lowest BCUT2D eigenvalue weighted by Crippen LogP contribution is -2.30. The highest BCUT2D eigenvalue weighted by Crippen LogP contribution is 2.21. The highest BCUT2D eigenvalue weighted by molar-refractivity contribution is 7.92. The smallest absolute Gasteiger partial charge is 0.261 e. The first-order chi connectivity index (χ1) is 13.8. The number of sulfonamides is 1. The second kappa shape index (κ2) is 9.07. The van der Waals surface area contributed by atoms with E-state index in [-0.39, 0.29) is 10.9 Å². The van der Waals surface area contributed by atoms with Gasteiger partial charge in [-0.1, -0.05) is 48.5 Å². The van der Waals surface area contributed by atoms with Crippen LogP contribution in [0.2, 0.25) is 0 Å². The van der Waals surface area contributed by atoms with Gasteiger partial charge in [-0.2, -0.15) is 0 Å². The first kappa shape index (κ1) is 20.8. The third-order valence-electron chi connectivity index (χ3n) is 4.46. The molecule has 0 bridgehead atoms. The lowest BCUT2D eigenvalue weighted by Gasteiger charge is -2.17. The van der Waals surface area contributed by atoms with E-state index >= 15 is 0 Å². The predicted molar refractivity (Wildman–Crippen MR) is 123 cm³/mol. The summed E-state index contributed by atoms with van der Waals surface area (Å²) in [5.41, 5.74) is 3.26. The third kappa shape index (κ3) is 5.56. The molecule has 3 aromatic rings. The Labute approximate surface area is 177 Å². The number of hydrogen-bond donors (Lipinski definition) is 3. The Morgan fingerprint density at radius 1 is 0.897 bits per heavy atom. The van der Waals surface area contributed by atoms with Crippen molar-refractivity contribution in [2.24, 2.45) is 0 Å². The van der Waals surface area contributed by atoms with E-state index < -0.39 is 10.0 Å². The van der Waals surface area contributed by atoms with Crippen molar-refractivity contribution in [2.75, 3.05) is 10.0 Å². The van der Waals surface area contributed by atoms with Gasteiger partial charge in [0.1, 0.15) is 0 Å². The van der Waals surface area contributed by atoms with Gasteiger partial charge in [-0.3, -0.25) is 4.72 Å². The Hall–Kier alpha value is -2.90. The fourth-order valence-electron chi connectivity index (χ4n) is 2.80. The predicted octanol–water partition coefficient (Wildman–Crippen LogP) is 4.84. The molecule has 0 amide bonds. The first-order valence-electron chi connectivity index (χ1n) is 9.16. The quantitative estimate of drug-likeness (QED) is 0.493. The molecule has 0 radical (unpaired) electrons.